The maximum atomic E-state index is 13.6. The number of benzene rings is 2. The van der Waals surface area contributed by atoms with Gasteiger partial charge in [-0.05, 0) is 54.3 Å². The Morgan fingerprint density at radius 1 is 1.11 bits per heavy atom. The van der Waals surface area contributed by atoms with E-state index in [4.69, 9.17) is 5.11 Å². The fourth-order valence-corrected chi connectivity index (χ4v) is 4.03. The van der Waals surface area contributed by atoms with Crippen molar-refractivity contribution in [3.05, 3.63) is 88.5 Å². The second kappa shape index (κ2) is 12.4. The summed E-state index contributed by atoms with van der Waals surface area (Å²) in [5.41, 5.74) is 3.87. The van der Waals surface area contributed by atoms with Crippen LogP contribution in [-0.2, 0) is 11.3 Å². The summed E-state index contributed by atoms with van der Waals surface area (Å²) in [5, 5.41) is 36.6. The number of nitrogens with one attached hydrogen (secondary N) is 1. The number of carbonyl (C=O) groups is 2. The van der Waals surface area contributed by atoms with Gasteiger partial charge in [-0.3, -0.25) is 9.59 Å². The summed E-state index contributed by atoms with van der Waals surface area (Å²) in [7, 11) is 0. The third-order valence-corrected chi connectivity index (χ3v) is 5.92. The number of carbonyl (C=O) groups excluding carboxylic acids is 1. The number of hydrogen-bond acceptors (Lipinski definition) is 5. The topological polar surface area (TPSA) is 125 Å². The van der Waals surface area contributed by atoms with Gasteiger partial charge >= 0.3 is 5.97 Å². The Bertz CT molecular complexity index is 1270. The molecule has 9 heteroatoms. The van der Waals surface area contributed by atoms with E-state index >= 15 is 0 Å². The molecule has 2 aromatic carbocycles. The van der Waals surface area contributed by atoms with E-state index in [1.165, 1.54) is 35.0 Å². The average Bonchev–Trinajstić information content (AvgIpc) is 3.22. The highest BCUT2D eigenvalue weighted by molar-refractivity contribution is 5.95. The first kappa shape index (κ1) is 27.8. The minimum absolute atomic E-state index is 0.136. The van der Waals surface area contributed by atoms with Crippen LogP contribution in [0.2, 0.25) is 0 Å². The third kappa shape index (κ3) is 7.34. The molecule has 0 fully saturated rings. The number of aryl methyl sites for hydroxylation is 1. The number of aromatic nitrogens is 2. The highest BCUT2D eigenvalue weighted by atomic mass is 19.1. The Labute approximate surface area is 215 Å². The van der Waals surface area contributed by atoms with E-state index in [9.17, 15) is 24.2 Å². The van der Waals surface area contributed by atoms with Gasteiger partial charge in [-0.2, -0.15) is 5.10 Å². The monoisotopic (exact) mass is 509 g/mol. The number of aliphatic hydroxyl groups excluding tert-OH is 2. The van der Waals surface area contributed by atoms with Crippen LogP contribution < -0.4 is 5.32 Å². The molecule has 1 aromatic heterocycles. The normalized spacial score (nSPS) is 13.2. The lowest BCUT2D eigenvalue weighted by Gasteiger charge is -2.12. The van der Waals surface area contributed by atoms with Crippen molar-refractivity contribution >= 4 is 18.0 Å². The molecule has 4 N–H and O–H groups in total. The molecule has 0 aliphatic rings. The van der Waals surface area contributed by atoms with E-state index in [0.29, 0.717) is 23.5 Å². The molecule has 0 unspecified atom stereocenters. The van der Waals surface area contributed by atoms with Crippen LogP contribution in [0.4, 0.5) is 4.39 Å². The fourth-order valence-electron chi connectivity index (χ4n) is 4.03. The van der Waals surface area contributed by atoms with Gasteiger partial charge in [-0.25, -0.2) is 9.07 Å². The molecule has 2 atom stereocenters. The molecule has 0 spiro atoms. The minimum atomic E-state index is -1.22. The molecule has 0 radical (unpaired) electrons. The zero-order chi connectivity index (χ0) is 27.1. The molecule has 0 aliphatic carbocycles. The standard InChI is InChI=1S/C28H32FN3O5/c1-17(2)26-24(13-12-22(33)14-23(34)15-25(35)36)32(21-10-8-20(29)9-11-21)31-27(26)28(37)30-16-19-7-5-4-6-18(19)3/h4-13,17,22-23,33-34H,14-16H2,1-3H3,(H,30,37)(H,35,36)/b13-12+/t22-,23-/m1/s1. The quantitative estimate of drug-likeness (QED) is 0.310. The number of amides is 1. The third-order valence-electron chi connectivity index (χ3n) is 5.92. The highest BCUT2D eigenvalue weighted by Crippen LogP contribution is 2.28. The number of nitrogens with zero attached hydrogens (tertiary/aromatic N) is 2. The maximum absolute atomic E-state index is 13.6. The first-order chi connectivity index (χ1) is 17.6. The largest absolute Gasteiger partial charge is 0.481 e. The summed E-state index contributed by atoms with van der Waals surface area (Å²) in [6.45, 7) is 6.10. The molecule has 0 saturated heterocycles. The number of hydrogen-bond donors (Lipinski definition) is 4. The van der Waals surface area contributed by atoms with Crippen molar-refractivity contribution in [2.24, 2.45) is 0 Å². The number of rotatable bonds is 11. The summed E-state index contributed by atoms with van der Waals surface area (Å²) in [4.78, 5) is 24.1. The van der Waals surface area contributed by atoms with Crippen molar-refractivity contribution in [1.29, 1.82) is 0 Å². The zero-order valence-electron chi connectivity index (χ0n) is 21.1. The lowest BCUT2D eigenvalue weighted by atomic mass is 9.98. The fraction of sp³-hybridized carbons (Fsp3) is 0.321. The molecule has 8 nitrogen and oxygen atoms in total. The van der Waals surface area contributed by atoms with E-state index in [0.717, 1.165) is 11.1 Å². The summed E-state index contributed by atoms with van der Waals surface area (Å²) in [5.74, 6) is -2.10. The molecule has 0 aliphatic heterocycles. The van der Waals surface area contributed by atoms with Crippen LogP contribution in [0.25, 0.3) is 11.8 Å². The van der Waals surface area contributed by atoms with Crippen LogP contribution in [-0.4, -0.2) is 49.2 Å². The highest BCUT2D eigenvalue weighted by Gasteiger charge is 2.25. The van der Waals surface area contributed by atoms with Crippen LogP contribution in [0.5, 0.6) is 0 Å². The molecule has 196 valence electrons. The van der Waals surface area contributed by atoms with Crippen LogP contribution in [0, 0.1) is 12.7 Å². The lowest BCUT2D eigenvalue weighted by Crippen LogP contribution is -2.25. The van der Waals surface area contributed by atoms with Gasteiger partial charge in [0.1, 0.15) is 5.82 Å². The van der Waals surface area contributed by atoms with Crippen molar-refractivity contribution in [2.75, 3.05) is 0 Å². The predicted molar refractivity (Wildman–Crippen MR) is 138 cm³/mol. The Hall–Kier alpha value is -3.82. The van der Waals surface area contributed by atoms with Gasteiger partial charge in [-0.15, -0.1) is 0 Å². The van der Waals surface area contributed by atoms with Gasteiger partial charge < -0.3 is 20.6 Å². The van der Waals surface area contributed by atoms with Crippen LogP contribution in [0.15, 0.2) is 54.6 Å². The molecule has 37 heavy (non-hydrogen) atoms. The van der Waals surface area contributed by atoms with Gasteiger partial charge in [0.15, 0.2) is 5.69 Å². The summed E-state index contributed by atoms with van der Waals surface area (Å²) < 4.78 is 15.1. The van der Waals surface area contributed by atoms with E-state index in [1.54, 1.807) is 6.08 Å². The average molecular weight is 510 g/mol. The molecule has 1 heterocycles. The summed E-state index contributed by atoms with van der Waals surface area (Å²) in [6.07, 6.45) is -0.00381. The molecule has 0 bridgehead atoms. The number of aliphatic carboxylic acids is 1. The van der Waals surface area contributed by atoms with Gasteiger partial charge in [0.2, 0.25) is 0 Å². The lowest BCUT2D eigenvalue weighted by molar-refractivity contribution is -0.139. The molecular weight excluding hydrogens is 477 g/mol. The van der Waals surface area contributed by atoms with Crippen molar-refractivity contribution in [2.45, 2.75) is 58.3 Å². The summed E-state index contributed by atoms with van der Waals surface area (Å²) >= 11 is 0. The van der Waals surface area contributed by atoms with E-state index in [2.05, 4.69) is 10.4 Å². The van der Waals surface area contributed by atoms with E-state index in [-0.39, 0.29) is 23.9 Å². The number of aliphatic hydroxyl groups is 2. The first-order valence-electron chi connectivity index (χ1n) is 12.0. The van der Waals surface area contributed by atoms with Crippen molar-refractivity contribution in [3.8, 4) is 5.69 Å². The van der Waals surface area contributed by atoms with Gasteiger partial charge in [0.25, 0.3) is 5.91 Å². The van der Waals surface area contributed by atoms with Crippen molar-refractivity contribution in [3.63, 3.8) is 0 Å². The van der Waals surface area contributed by atoms with E-state index in [1.807, 2.05) is 45.0 Å². The second-order valence-electron chi connectivity index (χ2n) is 9.21. The van der Waals surface area contributed by atoms with Crippen LogP contribution in [0.3, 0.4) is 0 Å². The van der Waals surface area contributed by atoms with Crippen molar-refractivity contribution in [1.82, 2.24) is 15.1 Å². The van der Waals surface area contributed by atoms with Gasteiger partial charge in [0.05, 0.1) is 30.0 Å². The SMILES string of the molecule is Cc1ccccc1CNC(=O)c1nn(-c2ccc(F)cc2)c(/C=C/[C@@H](O)C[C@@H](O)CC(=O)O)c1C(C)C. The Kier molecular flexibility index (Phi) is 9.32. The second-order valence-corrected chi connectivity index (χ2v) is 9.21. The molecule has 1 amide bonds. The molecular formula is C28H32FN3O5. The predicted octanol–water partition coefficient (Wildman–Crippen LogP) is 3.97. The van der Waals surface area contributed by atoms with Crippen LogP contribution >= 0.6 is 0 Å². The number of carboxylic acids is 1. The van der Waals surface area contributed by atoms with Crippen LogP contribution in [0.1, 0.15) is 65.5 Å². The zero-order valence-corrected chi connectivity index (χ0v) is 21.1. The Balaban J connectivity index is 1.98. The maximum Gasteiger partial charge on any atom is 0.305 e. The van der Waals surface area contributed by atoms with Crippen molar-refractivity contribution < 1.29 is 29.3 Å². The Morgan fingerprint density at radius 2 is 1.78 bits per heavy atom. The number of halogens is 1. The van der Waals surface area contributed by atoms with Gasteiger partial charge in [0, 0.05) is 18.5 Å². The number of carboxylic acid groups (broad SMARTS) is 1. The Morgan fingerprint density at radius 3 is 2.41 bits per heavy atom. The van der Waals surface area contributed by atoms with Gasteiger partial charge in [-0.1, -0.05) is 44.2 Å². The smallest absolute Gasteiger partial charge is 0.305 e. The molecule has 0 saturated carbocycles. The first-order valence-corrected chi connectivity index (χ1v) is 12.0. The molecule has 3 rings (SSSR count). The minimum Gasteiger partial charge on any atom is -0.481 e. The van der Waals surface area contributed by atoms with E-state index < -0.39 is 30.4 Å². The molecule has 3 aromatic rings. The summed E-state index contributed by atoms with van der Waals surface area (Å²) in [6, 6.07) is 13.4.